The average Bonchev–Trinajstić information content (AvgIpc) is 3.58. The maximum atomic E-state index is 5.12. The molecule has 1 heterocycles. The van der Waals surface area contributed by atoms with Crippen LogP contribution in [0.1, 0.15) is 22.3 Å². The van der Waals surface area contributed by atoms with Crippen LogP contribution in [0, 0.1) is 0 Å². The second kappa shape index (κ2) is 13.8. The Morgan fingerprint density at radius 1 is 0.386 bits per heavy atom. The first-order chi connectivity index (χ1) is 27.9. The minimum Gasteiger partial charge on any atom is -0.208 e. The second-order valence-electron chi connectivity index (χ2n) is 16.0. The Bertz CT molecular complexity index is 2880. The largest absolute Gasteiger partial charge is 0.208 e. The van der Waals surface area contributed by atoms with Gasteiger partial charge in [0.1, 0.15) is 0 Å². The highest BCUT2D eigenvalue weighted by Crippen LogP contribution is 2.58. The van der Waals surface area contributed by atoms with Crippen LogP contribution in [0.3, 0.4) is 0 Å². The van der Waals surface area contributed by atoms with E-state index < -0.39 is 13.5 Å². The molecular weight excluding hydrogens is 707 g/mol. The summed E-state index contributed by atoms with van der Waals surface area (Å²) in [6.45, 7) is 7.11. The standard InChI is InChI=1S/C53H41N3Si/c1-57(2,3)44-30-26-38(27-31-44)51-54-50(37-17-7-4-8-18-37)55-52(56-51)41-20-15-19-39(34-41)40-29-32-47-46(35-40)49-45-25-14-13-16-36(45)28-33-48(49)53(47,42-21-9-5-10-22-42)43-23-11-6-12-24-43/h4-35H,1-3H3. The van der Waals surface area contributed by atoms with E-state index in [1.807, 2.05) is 18.2 Å². The lowest BCUT2D eigenvalue weighted by Gasteiger charge is -2.34. The molecule has 10 rings (SSSR count). The third kappa shape index (κ3) is 5.92. The van der Waals surface area contributed by atoms with Gasteiger partial charge in [-0.25, -0.2) is 15.0 Å². The van der Waals surface area contributed by atoms with Gasteiger partial charge in [-0.1, -0.05) is 207 Å². The zero-order chi connectivity index (χ0) is 38.6. The molecule has 0 unspecified atom stereocenters. The quantitative estimate of drug-likeness (QED) is 0.152. The molecule has 0 saturated carbocycles. The van der Waals surface area contributed by atoms with Crippen molar-refractivity contribution in [2.24, 2.45) is 0 Å². The Kier molecular flexibility index (Phi) is 8.39. The van der Waals surface area contributed by atoms with Crippen LogP contribution in [0.25, 0.3) is 67.2 Å². The van der Waals surface area contributed by atoms with Crippen molar-refractivity contribution in [2.75, 3.05) is 0 Å². The molecule has 1 aliphatic rings. The van der Waals surface area contributed by atoms with Crippen LogP contribution in [0.15, 0.2) is 194 Å². The minimum atomic E-state index is -1.46. The van der Waals surface area contributed by atoms with Crippen molar-refractivity contribution in [3.05, 3.63) is 216 Å². The summed E-state index contributed by atoms with van der Waals surface area (Å²) in [6, 6.07) is 70.2. The predicted octanol–water partition coefficient (Wildman–Crippen LogP) is 12.6. The molecular formula is C53H41N3Si. The van der Waals surface area contributed by atoms with Gasteiger partial charge >= 0.3 is 0 Å². The third-order valence-corrected chi connectivity index (χ3v) is 13.6. The summed E-state index contributed by atoms with van der Waals surface area (Å²) in [7, 11) is -1.46. The molecule has 0 N–H and O–H groups in total. The minimum absolute atomic E-state index is 0.472. The summed E-state index contributed by atoms with van der Waals surface area (Å²) in [5.74, 6) is 1.99. The fraction of sp³-hybridized carbons (Fsp3) is 0.0755. The van der Waals surface area contributed by atoms with Gasteiger partial charge in [0, 0.05) is 16.7 Å². The van der Waals surface area contributed by atoms with Crippen LogP contribution >= 0.6 is 0 Å². The summed E-state index contributed by atoms with van der Waals surface area (Å²) in [4.78, 5) is 15.2. The van der Waals surface area contributed by atoms with Gasteiger partial charge in [-0.05, 0) is 67.4 Å². The highest BCUT2D eigenvalue weighted by Gasteiger charge is 2.46. The number of fused-ring (bicyclic) bond motifs is 5. The van der Waals surface area contributed by atoms with Gasteiger partial charge in [-0.3, -0.25) is 0 Å². The summed E-state index contributed by atoms with van der Waals surface area (Å²) < 4.78 is 0. The maximum absolute atomic E-state index is 5.12. The summed E-state index contributed by atoms with van der Waals surface area (Å²) in [6.07, 6.45) is 0. The highest BCUT2D eigenvalue weighted by molar-refractivity contribution is 6.88. The lowest BCUT2D eigenvalue weighted by molar-refractivity contribution is 0.769. The van der Waals surface area contributed by atoms with E-state index in [2.05, 4.69) is 196 Å². The van der Waals surface area contributed by atoms with E-state index in [1.54, 1.807) is 0 Å². The first kappa shape index (κ1) is 34.7. The van der Waals surface area contributed by atoms with Gasteiger partial charge in [0.15, 0.2) is 17.5 Å². The Labute approximate surface area is 335 Å². The molecule has 0 fully saturated rings. The smallest absolute Gasteiger partial charge is 0.164 e. The number of hydrogen-bond donors (Lipinski definition) is 0. The van der Waals surface area contributed by atoms with E-state index in [0.29, 0.717) is 17.5 Å². The molecule has 0 bridgehead atoms. The summed E-state index contributed by atoms with van der Waals surface area (Å²) in [5.41, 5.74) is 12.3. The number of nitrogens with zero attached hydrogens (tertiary/aromatic N) is 3. The second-order valence-corrected chi connectivity index (χ2v) is 21.1. The van der Waals surface area contributed by atoms with Crippen molar-refractivity contribution >= 4 is 24.0 Å². The van der Waals surface area contributed by atoms with Crippen LogP contribution in [0.2, 0.25) is 19.6 Å². The normalized spacial score (nSPS) is 13.0. The molecule has 8 aromatic carbocycles. The first-order valence-electron chi connectivity index (χ1n) is 19.7. The molecule has 4 heteroatoms. The predicted molar refractivity (Wildman–Crippen MR) is 239 cm³/mol. The van der Waals surface area contributed by atoms with Gasteiger partial charge in [0.05, 0.1) is 13.5 Å². The Balaban J connectivity index is 1.15. The average molecular weight is 748 g/mol. The molecule has 0 amide bonds. The summed E-state index contributed by atoms with van der Waals surface area (Å²) >= 11 is 0. The highest BCUT2D eigenvalue weighted by atomic mass is 28.3. The summed E-state index contributed by atoms with van der Waals surface area (Å²) in [5, 5.41) is 3.91. The van der Waals surface area contributed by atoms with Gasteiger partial charge in [-0.15, -0.1) is 0 Å². The van der Waals surface area contributed by atoms with Crippen LogP contribution in [-0.4, -0.2) is 23.0 Å². The van der Waals surface area contributed by atoms with E-state index in [4.69, 9.17) is 15.0 Å². The van der Waals surface area contributed by atoms with E-state index in [1.165, 1.54) is 49.3 Å². The van der Waals surface area contributed by atoms with Gasteiger partial charge in [0.25, 0.3) is 0 Å². The van der Waals surface area contributed by atoms with E-state index in [9.17, 15) is 0 Å². The molecule has 1 aliphatic carbocycles. The lowest BCUT2D eigenvalue weighted by Crippen LogP contribution is -2.37. The number of aromatic nitrogens is 3. The monoisotopic (exact) mass is 747 g/mol. The Hall–Kier alpha value is -6.75. The van der Waals surface area contributed by atoms with Crippen molar-refractivity contribution in [1.29, 1.82) is 0 Å². The van der Waals surface area contributed by atoms with Crippen molar-refractivity contribution in [3.63, 3.8) is 0 Å². The van der Waals surface area contributed by atoms with Crippen LogP contribution in [0.4, 0.5) is 0 Å². The first-order valence-corrected chi connectivity index (χ1v) is 23.2. The van der Waals surface area contributed by atoms with E-state index in [0.717, 1.165) is 27.8 Å². The SMILES string of the molecule is C[Si](C)(C)c1ccc(-c2nc(-c3ccccc3)nc(-c3cccc(-c4ccc5c(c4)-c4c(ccc6ccccc46)C5(c4ccccc4)c4ccccc4)c3)n2)cc1. The zero-order valence-corrected chi connectivity index (χ0v) is 33.3. The van der Waals surface area contributed by atoms with Gasteiger partial charge in [0.2, 0.25) is 0 Å². The van der Waals surface area contributed by atoms with E-state index in [-0.39, 0.29) is 0 Å². The lowest BCUT2D eigenvalue weighted by atomic mass is 9.67. The molecule has 1 aromatic heterocycles. The number of hydrogen-bond acceptors (Lipinski definition) is 3. The topological polar surface area (TPSA) is 38.7 Å². The van der Waals surface area contributed by atoms with Gasteiger partial charge < -0.3 is 0 Å². The molecule has 0 atom stereocenters. The molecule has 0 aliphatic heterocycles. The number of benzene rings is 8. The Morgan fingerprint density at radius 3 is 1.53 bits per heavy atom. The molecule has 3 nitrogen and oxygen atoms in total. The van der Waals surface area contributed by atoms with E-state index >= 15 is 0 Å². The molecule has 0 spiro atoms. The van der Waals surface area contributed by atoms with Crippen molar-refractivity contribution in [3.8, 4) is 56.4 Å². The maximum Gasteiger partial charge on any atom is 0.164 e. The van der Waals surface area contributed by atoms with Crippen molar-refractivity contribution in [2.45, 2.75) is 25.1 Å². The molecule has 57 heavy (non-hydrogen) atoms. The van der Waals surface area contributed by atoms with Crippen LogP contribution in [0.5, 0.6) is 0 Å². The third-order valence-electron chi connectivity index (χ3n) is 11.6. The Morgan fingerprint density at radius 2 is 0.877 bits per heavy atom. The fourth-order valence-electron chi connectivity index (χ4n) is 8.75. The van der Waals surface area contributed by atoms with Crippen molar-refractivity contribution < 1.29 is 0 Å². The van der Waals surface area contributed by atoms with Crippen LogP contribution in [-0.2, 0) is 5.41 Å². The molecule has 0 radical (unpaired) electrons. The fourth-order valence-corrected chi connectivity index (χ4v) is 9.92. The zero-order valence-electron chi connectivity index (χ0n) is 32.3. The van der Waals surface area contributed by atoms with Crippen LogP contribution < -0.4 is 5.19 Å². The van der Waals surface area contributed by atoms with Gasteiger partial charge in [-0.2, -0.15) is 0 Å². The van der Waals surface area contributed by atoms with Crippen molar-refractivity contribution in [1.82, 2.24) is 15.0 Å². The molecule has 9 aromatic rings. The molecule has 272 valence electrons. The molecule has 0 saturated heterocycles. The number of rotatable bonds is 7.